The molecule has 0 aliphatic carbocycles. The standard InChI is InChI=1S/C18H25FO5S/c1-18(2,3)24-17(20)7-5-4-6-13-23-16-10-8-15(9-11-16)12-14-25(19,21)22/h8-12,14H,4-7,13H2,1-3H3/b14-12+. The maximum absolute atomic E-state index is 12.4. The Morgan fingerprint density at radius 3 is 2.32 bits per heavy atom. The van der Waals surface area contributed by atoms with Crippen molar-refractivity contribution in [1.82, 2.24) is 0 Å². The number of rotatable bonds is 9. The summed E-state index contributed by atoms with van der Waals surface area (Å²) in [5.74, 6) is 0.458. The van der Waals surface area contributed by atoms with Gasteiger partial charge in [0.1, 0.15) is 11.4 Å². The van der Waals surface area contributed by atoms with E-state index in [1.165, 1.54) is 6.08 Å². The molecule has 0 fully saturated rings. The van der Waals surface area contributed by atoms with Gasteiger partial charge >= 0.3 is 16.2 Å². The molecule has 0 atom stereocenters. The van der Waals surface area contributed by atoms with Gasteiger partial charge in [0.15, 0.2) is 0 Å². The Morgan fingerprint density at radius 1 is 1.12 bits per heavy atom. The van der Waals surface area contributed by atoms with Crippen molar-refractivity contribution in [3.63, 3.8) is 0 Å². The van der Waals surface area contributed by atoms with Crippen molar-refractivity contribution in [3.8, 4) is 5.75 Å². The van der Waals surface area contributed by atoms with Gasteiger partial charge in [-0.15, -0.1) is 3.89 Å². The van der Waals surface area contributed by atoms with Crippen LogP contribution in [0, 0.1) is 0 Å². The van der Waals surface area contributed by atoms with E-state index in [0.717, 1.165) is 19.3 Å². The van der Waals surface area contributed by atoms with Crippen molar-refractivity contribution >= 4 is 22.3 Å². The molecule has 1 aromatic carbocycles. The Hall–Kier alpha value is -1.89. The van der Waals surface area contributed by atoms with Crippen LogP contribution in [0.3, 0.4) is 0 Å². The van der Waals surface area contributed by atoms with E-state index in [4.69, 9.17) is 9.47 Å². The molecule has 0 radical (unpaired) electrons. The van der Waals surface area contributed by atoms with Crippen LogP contribution >= 0.6 is 0 Å². The average Bonchev–Trinajstić information content (AvgIpc) is 2.47. The third-order valence-electron chi connectivity index (χ3n) is 3.02. The lowest BCUT2D eigenvalue weighted by Crippen LogP contribution is -2.23. The zero-order valence-electron chi connectivity index (χ0n) is 14.8. The van der Waals surface area contributed by atoms with Crippen molar-refractivity contribution in [2.45, 2.75) is 52.1 Å². The van der Waals surface area contributed by atoms with Crippen molar-refractivity contribution in [2.75, 3.05) is 6.61 Å². The van der Waals surface area contributed by atoms with Crippen LogP contribution in [0.5, 0.6) is 5.75 Å². The van der Waals surface area contributed by atoms with Gasteiger partial charge < -0.3 is 9.47 Å². The predicted octanol–water partition coefficient (Wildman–Crippen LogP) is 4.24. The van der Waals surface area contributed by atoms with Crippen molar-refractivity contribution < 1.29 is 26.6 Å². The second-order valence-corrected chi connectivity index (χ2v) is 7.82. The Labute approximate surface area is 149 Å². The molecule has 1 rings (SSSR count). The van der Waals surface area contributed by atoms with Crippen LogP contribution in [0.15, 0.2) is 29.7 Å². The van der Waals surface area contributed by atoms with E-state index in [1.54, 1.807) is 24.3 Å². The normalized spacial score (nSPS) is 12.3. The number of ether oxygens (including phenoxy) is 2. The molecule has 0 spiro atoms. The quantitative estimate of drug-likeness (QED) is 0.368. The number of hydrogen-bond donors (Lipinski definition) is 0. The molecule has 0 aliphatic heterocycles. The topological polar surface area (TPSA) is 69.7 Å². The van der Waals surface area contributed by atoms with Crippen LogP contribution in [0.1, 0.15) is 52.0 Å². The highest BCUT2D eigenvalue weighted by Crippen LogP contribution is 2.15. The first kappa shape index (κ1) is 21.2. The minimum absolute atomic E-state index is 0.188. The van der Waals surface area contributed by atoms with Gasteiger partial charge in [0.2, 0.25) is 0 Å². The van der Waals surface area contributed by atoms with Gasteiger partial charge in [0.05, 0.1) is 12.0 Å². The van der Waals surface area contributed by atoms with E-state index in [-0.39, 0.29) is 5.97 Å². The molecule has 140 valence electrons. The fraction of sp³-hybridized carbons (Fsp3) is 0.500. The molecule has 0 aliphatic rings. The van der Waals surface area contributed by atoms with Crippen LogP contribution in [-0.2, 0) is 19.8 Å². The molecule has 1 aromatic rings. The van der Waals surface area contributed by atoms with Gasteiger partial charge in [-0.1, -0.05) is 12.1 Å². The van der Waals surface area contributed by atoms with Gasteiger partial charge in [0, 0.05) is 6.42 Å². The SMILES string of the molecule is CC(C)(C)OC(=O)CCCCCOc1ccc(/C=C/S(=O)(=O)F)cc1. The average molecular weight is 372 g/mol. The molecule has 5 nitrogen and oxygen atoms in total. The highest BCUT2D eigenvalue weighted by Gasteiger charge is 2.15. The van der Waals surface area contributed by atoms with Crippen LogP contribution in [0.4, 0.5) is 3.89 Å². The molecular formula is C18H25FO5S. The van der Waals surface area contributed by atoms with E-state index < -0.39 is 15.8 Å². The lowest BCUT2D eigenvalue weighted by molar-refractivity contribution is -0.154. The third-order valence-corrected chi connectivity index (χ3v) is 3.48. The zero-order valence-corrected chi connectivity index (χ0v) is 15.6. The summed E-state index contributed by atoms with van der Waals surface area (Å²) in [6.07, 6.45) is 3.99. The van der Waals surface area contributed by atoms with Crippen LogP contribution in [0.25, 0.3) is 6.08 Å². The number of esters is 1. The smallest absolute Gasteiger partial charge is 0.325 e. The van der Waals surface area contributed by atoms with Crippen molar-refractivity contribution in [2.24, 2.45) is 0 Å². The summed E-state index contributed by atoms with van der Waals surface area (Å²) >= 11 is 0. The summed E-state index contributed by atoms with van der Waals surface area (Å²) in [5, 5.41) is 0.507. The summed E-state index contributed by atoms with van der Waals surface area (Å²) < 4.78 is 44.0. The molecular weight excluding hydrogens is 347 g/mol. The van der Waals surface area contributed by atoms with Crippen LogP contribution in [-0.4, -0.2) is 26.6 Å². The highest BCUT2D eigenvalue weighted by atomic mass is 32.3. The Kier molecular flexibility index (Phi) is 8.09. The predicted molar refractivity (Wildman–Crippen MR) is 95.3 cm³/mol. The molecule has 0 aromatic heterocycles. The monoisotopic (exact) mass is 372 g/mol. The molecule has 0 heterocycles. The molecule has 0 bridgehead atoms. The summed E-state index contributed by atoms with van der Waals surface area (Å²) in [6, 6.07) is 6.65. The molecule has 7 heteroatoms. The van der Waals surface area contributed by atoms with E-state index in [2.05, 4.69) is 0 Å². The fourth-order valence-corrected chi connectivity index (χ4v) is 2.29. The molecule has 0 saturated carbocycles. The Morgan fingerprint density at radius 2 is 1.76 bits per heavy atom. The van der Waals surface area contributed by atoms with Gasteiger partial charge in [-0.2, -0.15) is 8.42 Å². The summed E-state index contributed by atoms with van der Waals surface area (Å²) in [5.41, 5.74) is 0.113. The van der Waals surface area contributed by atoms with Gasteiger partial charge in [-0.05, 0) is 63.8 Å². The van der Waals surface area contributed by atoms with E-state index in [0.29, 0.717) is 29.7 Å². The van der Waals surface area contributed by atoms with Crippen molar-refractivity contribution in [3.05, 3.63) is 35.2 Å². The van der Waals surface area contributed by atoms with E-state index >= 15 is 0 Å². The second kappa shape index (κ2) is 9.56. The number of carbonyl (C=O) groups is 1. The molecule has 0 unspecified atom stereocenters. The first-order valence-electron chi connectivity index (χ1n) is 8.13. The minimum atomic E-state index is -4.62. The first-order valence-corrected chi connectivity index (χ1v) is 9.57. The molecule has 0 N–H and O–H groups in total. The van der Waals surface area contributed by atoms with Crippen LogP contribution in [0.2, 0.25) is 0 Å². The van der Waals surface area contributed by atoms with Gasteiger partial charge in [0.25, 0.3) is 0 Å². The minimum Gasteiger partial charge on any atom is -0.494 e. The Balaban J connectivity index is 2.22. The van der Waals surface area contributed by atoms with Crippen LogP contribution < -0.4 is 4.74 Å². The van der Waals surface area contributed by atoms with Gasteiger partial charge in [-0.3, -0.25) is 4.79 Å². The number of carbonyl (C=O) groups excluding carboxylic acids is 1. The third kappa shape index (κ3) is 11.3. The Bertz CT molecular complexity index is 672. The number of halogens is 1. The second-order valence-electron chi connectivity index (χ2n) is 6.59. The lowest BCUT2D eigenvalue weighted by atomic mass is 10.1. The summed E-state index contributed by atoms with van der Waals surface area (Å²) in [7, 11) is -4.62. The number of unbranched alkanes of at least 4 members (excludes halogenated alkanes) is 2. The maximum Gasteiger partial charge on any atom is 0.325 e. The van der Waals surface area contributed by atoms with Gasteiger partial charge in [-0.25, -0.2) is 0 Å². The van der Waals surface area contributed by atoms with Crippen molar-refractivity contribution in [1.29, 1.82) is 0 Å². The molecule has 25 heavy (non-hydrogen) atoms. The largest absolute Gasteiger partial charge is 0.494 e. The van der Waals surface area contributed by atoms with E-state index in [1.807, 2.05) is 20.8 Å². The van der Waals surface area contributed by atoms with E-state index in [9.17, 15) is 17.1 Å². The number of hydrogen-bond acceptors (Lipinski definition) is 5. The molecule has 0 amide bonds. The maximum atomic E-state index is 12.4. The number of benzene rings is 1. The zero-order chi connectivity index (χ0) is 18.9. The molecule has 0 saturated heterocycles. The summed E-state index contributed by atoms with van der Waals surface area (Å²) in [4.78, 5) is 11.5. The highest BCUT2D eigenvalue weighted by molar-refractivity contribution is 7.89. The fourth-order valence-electron chi connectivity index (χ4n) is 1.97. The lowest BCUT2D eigenvalue weighted by Gasteiger charge is -2.19. The summed E-state index contributed by atoms with van der Waals surface area (Å²) in [6.45, 7) is 6.05. The first-order chi connectivity index (χ1) is 11.6.